The van der Waals surface area contributed by atoms with E-state index in [4.69, 9.17) is 14.7 Å². The van der Waals surface area contributed by atoms with Crippen LogP contribution in [0.4, 0.5) is 10.6 Å². The molecule has 9 nitrogen and oxygen atoms in total. The van der Waals surface area contributed by atoms with Crippen LogP contribution in [0, 0.1) is 11.3 Å². The lowest BCUT2D eigenvalue weighted by Gasteiger charge is -2.25. The van der Waals surface area contributed by atoms with E-state index in [1.54, 1.807) is 62.4 Å². The van der Waals surface area contributed by atoms with Crippen LogP contribution in [0.15, 0.2) is 66.9 Å². The van der Waals surface area contributed by atoms with Crippen LogP contribution in [0.1, 0.15) is 30.8 Å². The Bertz CT molecular complexity index is 1390. The lowest BCUT2D eigenvalue weighted by molar-refractivity contribution is -0.144. The number of imidazole rings is 1. The van der Waals surface area contributed by atoms with Crippen molar-refractivity contribution in [2.75, 3.05) is 11.5 Å². The Morgan fingerprint density at radius 1 is 1.11 bits per heavy atom. The molecule has 0 fully saturated rings. The molecule has 182 valence electrons. The average Bonchev–Trinajstić information content (AvgIpc) is 3.31. The van der Waals surface area contributed by atoms with Crippen LogP contribution in [-0.4, -0.2) is 39.7 Å². The summed E-state index contributed by atoms with van der Waals surface area (Å²) < 4.78 is 10.7. The van der Waals surface area contributed by atoms with Gasteiger partial charge in [0.2, 0.25) is 0 Å². The van der Waals surface area contributed by atoms with Gasteiger partial charge in [-0.15, -0.1) is 0 Å². The normalized spacial score (nSPS) is 11.5. The highest BCUT2D eigenvalue weighted by Gasteiger charge is 2.31. The number of carbonyl (C=O) groups is 2. The molecule has 0 aliphatic rings. The number of ether oxygens (including phenoxy) is 2. The molecule has 9 heteroatoms. The highest BCUT2D eigenvalue weighted by Crippen LogP contribution is 2.23. The lowest BCUT2D eigenvalue weighted by atomic mass is 10.1. The van der Waals surface area contributed by atoms with Gasteiger partial charge < -0.3 is 14.5 Å². The van der Waals surface area contributed by atoms with Crippen molar-refractivity contribution in [3.8, 4) is 11.8 Å². The third kappa shape index (κ3) is 5.67. The smallest absolute Gasteiger partial charge is 0.421 e. The molecule has 0 spiro atoms. The number of aromatic nitrogens is 3. The molecule has 4 rings (SSSR count). The van der Waals surface area contributed by atoms with E-state index < -0.39 is 18.1 Å². The Morgan fingerprint density at radius 3 is 2.61 bits per heavy atom. The van der Waals surface area contributed by atoms with Gasteiger partial charge in [0.15, 0.2) is 0 Å². The second kappa shape index (κ2) is 11.1. The summed E-state index contributed by atoms with van der Waals surface area (Å²) in [6, 6.07) is 18.8. The number of nitrogens with one attached hydrogen (secondary N) is 1. The van der Waals surface area contributed by atoms with Crippen LogP contribution in [0.3, 0.4) is 0 Å². The minimum Gasteiger partial charge on any atom is -0.464 e. The molecule has 4 aromatic rings. The minimum atomic E-state index is -0.933. The molecular formula is C27H25N5O4. The zero-order valence-electron chi connectivity index (χ0n) is 20.0. The number of anilines is 1. The molecule has 1 N–H and O–H groups in total. The summed E-state index contributed by atoms with van der Waals surface area (Å²) in [6.07, 6.45) is 2.22. The average molecular weight is 484 g/mol. The number of carbonyl (C=O) groups excluding carboxylic acids is 2. The molecule has 1 amide bonds. The van der Waals surface area contributed by atoms with Crippen molar-refractivity contribution < 1.29 is 19.1 Å². The van der Waals surface area contributed by atoms with E-state index in [9.17, 15) is 9.59 Å². The Kier molecular flexibility index (Phi) is 7.56. The first kappa shape index (κ1) is 24.4. The van der Waals surface area contributed by atoms with E-state index in [1.807, 2.05) is 12.1 Å². The van der Waals surface area contributed by atoms with Crippen LogP contribution < -0.4 is 9.64 Å². The molecule has 0 saturated carbocycles. The van der Waals surface area contributed by atoms with Crippen LogP contribution in [0.5, 0.6) is 5.75 Å². The van der Waals surface area contributed by atoms with Crippen molar-refractivity contribution in [3.05, 3.63) is 83.8 Å². The number of amides is 1. The maximum absolute atomic E-state index is 13.1. The summed E-state index contributed by atoms with van der Waals surface area (Å²) in [6.45, 7) is 3.46. The third-order valence-corrected chi connectivity index (χ3v) is 5.55. The number of esters is 1. The first-order valence-electron chi connectivity index (χ1n) is 11.5. The van der Waals surface area contributed by atoms with E-state index in [1.165, 1.54) is 6.20 Å². The third-order valence-electron chi connectivity index (χ3n) is 5.55. The first-order valence-corrected chi connectivity index (χ1v) is 11.5. The Morgan fingerprint density at radius 2 is 1.92 bits per heavy atom. The quantitative estimate of drug-likeness (QED) is 0.364. The molecule has 36 heavy (non-hydrogen) atoms. The molecule has 0 bridgehead atoms. The molecule has 0 saturated heterocycles. The van der Waals surface area contributed by atoms with E-state index in [0.29, 0.717) is 17.7 Å². The van der Waals surface area contributed by atoms with Gasteiger partial charge in [0.05, 0.1) is 29.3 Å². The molecule has 2 heterocycles. The molecule has 2 aromatic heterocycles. The largest absolute Gasteiger partial charge is 0.464 e. The molecular weight excluding hydrogens is 458 g/mol. The fraction of sp³-hybridized carbons (Fsp3) is 0.222. The zero-order chi connectivity index (χ0) is 25.5. The van der Waals surface area contributed by atoms with E-state index in [2.05, 4.69) is 21.0 Å². The number of hydrogen-bond donors (Lipinski definition) is 1. The number of H-pyrrole nitrogens is 1. The Balaban J connectivity index is 1.49. The van der Waals surface area contributed by atoms with Gasteiger partial charge in [-0.05, 0) is 62.2 Å². The minimum absolute atomic E-state index is 0.193. The summed E-state index contributed by atoms with van der Waals surface area (Å²) in [5.74, 6) is 0.808. The van der Waals surface area contributed by atoms with E-state index in [0.717, 1.165) is 33.7 Å². The number of nitrogens with zero attached hydrogens (tertiary/aromatic N) is 4. The van der Waals surface area contributed by atoms with E-state index >= 15 is 0 Å². The van der Waals surface area contributed by atoms with Crippen LogP contribution in [-0.2, 0) is 22.4 Å². The van der Waals surface area contributed by atoms with Crippen molar-refractivity contribution in [1.82, 2.24) is 15.0 Å². The fourth-order valence-electron chi connectivity index (χ4n) is 3.70. The van der Waals surface area contributed by atoms with Crippen molar-refractivity contribution in [1.29, 1.82) is 5.26 Å². The topological polar surface area (TPSA) is 121 Å². The standard InChI is InChI=1S/C27H25N5O4/c1-3-35-26(33)18(2)32(25-6-4-5-15-29-25)27(34)36-21-12-13-22-23(16-21)31-24(30-22)14-11-19-7-9-20(17-28)10-8-19/h4-10,12-13,15-16,18H,3,11,14H2,1-2H3,(H,30,31). The van der Waals surface area contributed by atoms with Crippen molar-refractivity contribution in [2.24, 2.45) is 0 Å². The van der Waals surface area contributed by atoms with Crippen LogP contribution >= 0.6 is 0 Å². The van der Waals surface area contributed by atoms with Gasteiger partial charge in [-0.1, -0.05) is 18.2 Å². The summed E-state index contributed by atoms with van der Waals surface area (Å²) in [4.78, 5) is 38.7. The first-order chi connectivity index (χ1) is 17.5. The second-order valence-corrected chi connectivity index (χ2v) is 8.03. The maximum atomic E-state index is 13.1. The number of aromatic amines is 1. The highest BCUT2D eigenvalue weighted by atomic mass is 16.6. The van der Waals surface area contributed by atoms with Crippen molar-refractivity contribution in [3.63, 3.8) is 0 Å². The van der Waals surface area contributed by atoms with Gasteiger partial charge >= 0.3 is 12.1 Å². The summed E-state index contributed by atoms with van der Waals surface area (Å²) in [7, 11) is 0. The zero-order valence-corrected chi connectivity index (χ0v) is 20.0. The number of nitriles is 1. The molecule has 0 aliphatic heterocycles. The van der Waals surface area contributed by atoms with Crippen molar-refractivity contribution >= 4 is 28.9 Å². The summed E-state index contributed by atoms with van der Waals surface area (Å²) >= 11 is 0. The monoisotopic (exact) mass is 483 g/mol. The lowest BCUT2D eigenvalue weighted by Crippen LogP contribution is -2.46. The number of fused-ring (bicyclic) bond motifs is 1. The van der Waals surface area contributed by atoms with Gasteiger partial charge in [-0.3, -0.25) is 0 Å². The molecule has 2 aromatic carbocycles. The molecule has 0 radical (unpaired) electrons. The van der Waals surface area contributed by atoms with Gasteiger partial charge in [0, 0.05) is 18.7 Å². The van der Waals surface area contributed by atoms with Gasteiger partial charge in [-0.25, -0.2) is 24.5 Å². The number of pyridine rings is 1. The number of hydrogen-bond acceptors (Lipinski definition) is 7. The predicted molar refractivity (Wildman–Crippen MR) is 133 cm³/mol. The molecule has 0 aliphatic carbocycles. The number of aryl methyl sites for hydroxylation is 2. The van der Waals surface area contributed by atoms with E-state index in [-0.39, 0.29) is 12.4 Å². The highest BCUT2D eigenvalue weighted by molar-refractivity contribution is 5.95. The number of rotatable bonds is 8. The predicted octanol–water partition coefficient (Wildman–Crippen LogP) is 4.57. The Labute approximate surface area is 208 Å². The van der Waals surface area contributed by atoms with Gasteiger partial charge in [0.1, 0.15) is 23.4 Å². The second-order valence-electron chi connectivity index (χ2n) is 8.03. The fourth-order valence-corrected chi connectivity index (χ4v) is 3.70. The van der Waals surface area contributed by atoms with Crippen LogP contribution in [0.25, 0.3) is 11.0 Å². The SMILES string of the molecule is CCOC(=O)C(C)N(C(=O)Oc1ccc2nc(CCc3ccc(C#N)cc3)[nH]c2c1)c1ccccn1. The van der Waals surface area contributed by atoms with Gasteiger partial charge in [-0.2, -0.15) is 5.26 Å². The Hall–Kier alpha value is -4.71. The molecule has 1 unspecified atom stereocenters. The van der Waals surface area contributed by atoms with Gasteiger partial charge in [0.25, 0.3) is 0 Å². The number of benzene rings is 2. The molecule has 1 atom stereocenters. The summed E-state index contributed by atoms with van der Waals surface area (Å²) in [5.41, 5.74) is 3.20. The van der Waals surface area contributed by atoms with Crippen molar-refractivity contribution in [2.45, 2.75) is 32.7 Å². The van der Waals surface area contributed by atoms with Crippen LogP contribution in [0.2, 0.25) is 0 Å². The summed E-state index contributed by atoms with van der Waals surface area (Å²) in [5, 5.41) is 8.93. The maximum Gasteiger partial charge on any atom is 0.421 e.